The highest BCUT2D eigenvalue weighted by Gasteiger charge is 2.11. The molecule has 0 saturated heterocycles. The van der Waals surface area contributed by atoms with Gasteiger partial charge in [-0.3, -0.25) is 0 Å². The minimum absolute atomic E-state index is 0.0528. The predicted molar refractivity (Wildman–Crippen MR) is 54.7 cm³/mol. The molecule has 0 amide bonds. The number of rotatable bonds is 4. The quantitative estimate of drug-likeness (QED) is 0.756. The van der Waals surface area contributed by atoms with Crippen LogP contribution < -0.4 is 5.73 Å². The Morgan fingerprint density at radius 2 is 2.46 bits per heavy atom. The molecule has 3 heteroatoms. The van der Waals surface area contributed by atoms with E-state index in [1.807, 2.05) is 13.0 Å². The van der Waals surface area contributed by atoms with Crippen LogP contribution in [0.3, 0.4) is 0 Å². The highest BCUT2D eigenvalue weighted by Crippen LogP contribution is 2.25. The summed E-state index contributed by atoms with van der Waals surface area (Å²) in [5, 5.41) is 0.397. The zero-order valence-corrected chi connectivity index (χ0v) is 8.47. The van der Waals surface area contributed by atoms with Crippen molar-refractivity contribution in [2.45, 2.75) is 25.8 Å². The van der Waals surface area contributed by atoms with Gasteiger partial charge in [-0.1, -0.05) is 5.57 Å². The molecule has 0 bridgehead atoms. The van der Waals surface area contributed by atoms with Crippen LogP contribution in [0.4, 0.5) is 0 Å². The van der Waals surface area contributed by atoms with E-state index in [0.29, 0.717) is 5.22 Å². The van der Waals surface area contributed by atoms with Gasteiger partial charge in [0.2, 0.25) is 0 Å². The summed E-state index contributed by atoms with van der Waals surface area (Å²) in [6.07, 6.45) is 3.33. The zero-order valence-electron chi connectivity index (χ0n) is 7.72. The lowest BCUT2D eigenvalue weighted by Crippen LogP contribution is -2.09. The second-order valence-electron chi connectivity index (χ2n) is 3.25. The molecule has 0 fully saturated rings. The van der Waals surface area contributed by atoms with Gasteiger partial charge in [0.25, 0.3) is 0 Å². The van der Waals surface area contributed by atoms with Crippen LogP contribution in [0.15, 0.2) is 28.9 Å². The molecule has 1 rings (SSSR count). The van der Waals surface area contributed by atoms with Crippen molar-refractivity contribution >= 4 is 11.6 Å². The van der Waals surface area contributed by atoms with Gasteiger partial charge in [-0.15, -0.1) is 6.58 Å². The maximum Gasteiger partial charge on any atom is 0.197 e. The first-order valence-electron chi connectivity index (χ1n) is 4.24. The minimum atomic E-state index is -0.0528. The normalized spacial score (nSPS) is 12.8. The van der Waals surface area contributed by atoms with Gasteiger partial charge in [0.1, 0.15) is 0 Å². The van der Waals surface area contributed by atoms with Crippen LogP contribution in [-0.2, 0) is 0 Å². The Labute approximate surface area is 83.4 Å². The topological polar surface area (TPSA) is 39.2 Å². The van der Waals surface area contributed by atoms with Crippen molar-refractivity contribution in [2.75, 3.05) is 0 Å². The van der Waals surface area contributed by atoms with Crippen LogP contribution in [-0.4, -0.2) is 0 Å². The average Bonchev–Trinajstić information content (AvgIpc) is 2.47. The van der Waals surface area contributed by atoms with Crippen LogP contribution in [0, 0.1) is 0 Å². The van der Waals surface area contributed by atoms with Gasteiger partial charge in [0.15, 0.2) is 5.22 Å². The van der Waals surface area contributed by atoms with Crippen LogP contribution in [0.1, 0.15) is 31.4 Å². The molecule has 0 aliphatic carbocycles. The first-order valence-corrected chi connectivity index (χ1v) is 4.62. The van der Waals surface area contributed by atoms with E-state index in [1.165, 1.54) is 0 Å². The first kappa shape index (κ1) is 10.4. The fourth-order valence-corrected chi connectivity index (χ4v) is 1.38. The molecular weight excluding hydrogens is 186 g/mol. The molecule has 1 unspecified atom stereocenters. The molecule has 0 radical (unpaired) electrons. The second-order valence-corrected chi connectivity index (χ2v) is 3.60. The molecule has 0 aliphatic rings. The lowest BCUT2D eigenvalue weighted by molar-refractivity contribution is 0.556. The van der Waals surface area contributed by atoms with E-state index < -0.39 is 0 Å². The fourth-order valence-electron chi connectivity index (χ4n) is 1.13. The van der Waals surface area contributed by atoms with Gasteiger partial charge < -0.3 is 10.2 Å². The molecule has 1 atom stereocenters. The van der Waals surface area contributed by atoms with Gasteiger partial charge in [0, 0.05) is 11.6 Å². The number of furan rings is 1. The molecule has 0 spiro atoms. The van der Waals surface area contributed by atoms with E-state index in [0.717, 1.165) is 24.0 Å². The van der Waals surface area contributed by atoms with Gasteiger partial charge in [-0.25, -0.2) is 0 Å². The van der Waals surface area contributed by atoms with Crippen molar-refractivity contribution in [1.29, 1.82) is 0 Å². The minimum Gasteiger partial charge on any atom is -0.453 e. The third-order valence-corrected chi connectivity index (χ3v) is 2.23. The number of halogens is 1. The Bertz CT molecular complexity index is 293. The predicted octanol–water partition coefficient (Wildman–Crippen LogP) is 3.29. The van der Waals surface area contributed by atoms with Crippen LogP contribution in [0.5, 0.6) is 0 Å². The fraction of sp³-hybridized carbons (Fsp3) is 0.400. The molecule has 2 nitrogen and oxygen atoms in total. The van der Waals surface area contributed by atoms with Crippen molar-refractivity contribution in [3.8, 4) is 0 Å². The molecule has 0 aliphatic heterocycles. The van der Waals surface area contributed by atoms with Crippen LogP contribution in [0.25, 0.3) is 0 Å². The number of allylic oxidation sites excluding steroid dienone is 1. The van der Waals surface area contributed by atoms with E-state index in [9.17, 15) is 0 Å². The first-order chi connectivity index (χ1) is 6.11. The molecule has 13 heavy (non-hydrogen) atoms. The summed E-state index contributed by atoms with van der Waals surface area (Å²) in [5.41, 5.74) is 7.92. The average molecular weight is 200 g/mol. The summed E-state index contributed by atoms with van der Waals surface area (Å²) in [6.45, 7) is 5.81. The summed E-state index contributed by atoms with van der Waals surface area (Å²) >= 11 is 5.78. The summed E-state index contributed by atoms with van der Waals surface area (Å²) < 4.78 is 4.96. The van der Waals surface area contributed by atoms with E-state index >= 15 is 0 Å². The molecule has 72 valence electrons. The standard InChI is InChI=1S/C10H14ClNO/c1-7(2)3-4-9(12)8-5-6-13-10(8)11/h5-6,9H,1,3-4,12H2,2H3. The van der Waals surface area contributed by atoms with Crippen molar-refractivity contribution in [3.63, 3.8) is 0 Å². The number of hydrogen-bond donors (Lipinski definition) is 1. The Balaban J connectivity index is 2.53. The van der Waals surface area contributed by atoms with Crippen molar-refractivity contribution in [2.24, 2.45) is 5.73 Å². The third-order valence-electron chi connectivity index (χ3n) is 1.93. The van der Waals surface area contributed by atoms with E-state index in [1.54, 1.807) is 6.26 Å². The Morgan fingerprint density at radius 1 is 1.77 bits per heavy atom. The Morgan fingerprint density at radius 3 is 2.92 bits per heavy atom. The highest BCUT2D eigenvalue weighted by atomic mass is 35.5. The lowest BCUT2D eigenvalue weighted by atomic mass is 10.0. The van der Waals surface area contributed by atoms with E-state index in [2.05, 4.69) is 6.58 Å². The van der Waals surface area contributed by atoms with Gasteiger partial charge in [-0.2, -0.15) is 0 Å². The lowest BCUT2D eigenvalue weighted by Gasteiger charge is -2.09. The van der Waals surface area contributed by atoms with Gasteiger partial charge in [-0.05, 0) is 37.4 Å². The molecule has 0 aromatic carbocycles. The smallest absolute Gasteiger partial charge is 0.197 e. The molecule has 0 saturated carbocycles. The van der Waals surface area contributed by atoms with Crippen molar-refractivity contribution < 1.29 is 4.42 Å². The monoisotopic (exact) mass is 199 g/mol. The summed E-state index contributed by atoms with van der Waals surface area (Å²) in [5.74, 6) is 0. The Kier molecular flexibility index (Phi) is 3.58. The third kappa shape index (κ3) is 2.90. The van der Waals surface area contributed by atoms with Crippen LogP contribution >= 0.6 is 11.6 Å². The van der Waals surface area contributed by atoms with Gasteiger partial charge >= 0.3 is 0 Å². The van der Waals surface area contributed by atoms with E-state index in [4.69, 9.17) is 21.8 Å². The molecule has 1 aromatic rings. The molecule has 1 aromatic heterocycles. The summed E-state index contributed by atoms with van der Waals surface area (Å²) in [7, 11) is 0. The number of hydrogen-bond acceptors (Lipinski definition) is 2. The van der Waals surface area contributed by atoms with Crippen LogP contribution in [0.2, 0.25) is 5.22 Å². The zero-order chi connectivity index (χ0) is 9.84. The summed E-state index contributed by atoms with van der Waals surface area (Å²) in [6, 6.07) is 1.76. The summed E-state index contributed by atoms with van der Waals surface area (Å²) in [4.78, 5) is 0. The molecule has 1 heterocycles. The SMILES string of the molecule is C=C(C)CCC(N)c1ccoc1Cl. The second kappa shape index (κ2) is 4.49. The van der Waals surface area contributed by atoms with Crippen molar-refractivity contribution in [3.05, 3.63) is 35.3 Å². The van der Waals surface area contributed by atoms with E-state index in [-0.39, 0.29) is 6.04 Å². The van der Waals surface area contributed by atoms with Gasteiger partial charge in [0.05, 0.1) is 6.26 Å². The maximum atomic E-state index is 5.90. The largest absolute Gasteiger partial charge is 0.453 e. The molecule has 2 N–H and O–H groups in total. The maximum absolute atomic E-state index is 5.90. The highest BCUT2D eigenvalue weighted by molar-refractivity contribution is 6.29. The Hall–Kier alpha value is -0.730. The van der Waals surface area contributed by atoms with Crippen molar-refractivity contribution in [1.82, 2.24) is 0 Å². The number of nitrogens with two attached hydrogens (primary N) is 1. The molecular formula is C10H14ClNO.